The van der Waals surface area contributed by atoms with Crippen molar-refractivity contribution in [3.05, 3.63) is 48.2 Å². The highest BCUT2D eigenvalue weighted by Crippen LogP contribution is 2.08. The van der Waals surface area contributed by atoms with E-state index in [1.807, 2.05) is 0 Å². The Hall–Kier alpha value is -1.24. The summed E-state index contributed by atoms with van der Waals surface area (Å²) in [6, 6.07) is 10.7. The predicted molar refractivity (Wildman–Crippen MR) is 64.7 cm³/mol. The second-order valence-electron chi connectivity index (χ2n) is 4.15. The average Bonchev–Trinajstić information content (AvgIpc) is 2.56. The number of nitrogens with zero attached hydrogens (tertiary/aromatic N) is 1. The molecule has 1 aliphatic rings. The first-order chi connectivity index (χ1) is 7.45. The molecule has 0 radical (unpaired) electrons. The Bertz CT molecular complexity index is 302. The van der Waals surface area contributed by atoms with E-state index in [2.05, 4.69) is 47.5 Å². The van der Waals surface area contributed by atoms with Crippen LogP contribution in [0.4, 0.5) is 0 Å². The zero-order valence-electron chi connectivity index (χ0n) is 9.23. The van der Waals surface area contributed by atoms with Crippen molar-refractivity contribution in [1.82, 2.24) is 4.90 Å². The fourth-order valence-electron chi connectivity index (χ4n) is 1.98. The Labute approximate surface area is 92.4 Å². The van der Waals surface area contributed by atoms with Crippen LogP contribution in [0.3, 0.4) is 0 Å². The summed E-state index contributed by atoms with van der Waals surface area (Å²) in [5, 5.41) is 0. The van der Waals surface area contributed by atoms with Gasteiger partial charge in [-0.15, -0.1) is 0 Å². The van der Waals surface area contributed by atoms with Crippen molar-refractivity contribution in [2.75, 3.05) is 13.1 Å². The first-order valence-corrected chi connectivity index (χ1v) is 5.90. The van der Waals surface area contributed by atoms with E-state index < -0.39 is 0 Å². The van der Waals surface area contributed by atoms with E-state index >= 15 is 0 Å². The van der Waals surface area contributed by atoms with Gasteiger partial charge in [0.25, 0.3) is 0 Å². The van der Waals surface area contributed by atoms with Gasteiger partial charge >= 0.3 is 0 Å². The lowest BCUT2D eigenvalue weighted by atomic mass is 10.1. The molecular formula is C14H19N. The molecule has 0 N–H and O–H groups in total. The van der Waals surface area contributed by atoms with Gasteiger partial charge in [-0.2, -0.15) is 0 Å². The van der Waals surface area contributed by atoms with Gasteiger partial charge in [0.2, 0.25) is 0 Å². The van der Waals surface area contributed by atoms with Crippen molar-refractivity contribution >= 4 is 0 Å². The summed E-state index contributed by atoms with van der Waals surface area (Å²) in [7, 11) is 0. The van der Waals surface area contributed by atoms with Crippen molar-refractivity contribution < 1.29 is 0 Å². The fraction of sp³-hybridized carbons (Fsp3) is 0.429. The molecule has 0 saturated carbocycles. The second-order valence-corrected chi connectivity index (χ2v) is 4.15. The zero-order valence-corrected chi connectivity index (χ0v) is 9.23. The normalized spacial score (nSPS) is 16.4. The topological polar surface area (TPSA) is 3.24 Å². The lowest BCUT2D eigenvalue weighted by Gasteiger charge is -2.18. The molecule has 0 aromatic heterocycles. The molecule has 1 heteroatoms. The molecule has 15 heavy (non-hydrogen) atoms. The summed E-state index contributed by atoms with van der Waals surface area (Å²) < 4.78 is 0. The molecule has 0 aliphatic carbocycles. The van der Waals surface area contributed by atoms with Crippen molar-refractivity contribution in [2.45, 2.75) is 25.7 Å². The standard InChI is InChI=1S/C14H19N/c1-2-7-12-15(11-6-1)13-10-14-8-4-3-5-9-14/h3-6,8-9,11H,1-2,7,10,12-13H2. The molecule has 2 rings (SSSR count). The van der Waals surface area contributed by atoms with Crippen LogP contribution in [-0.4, -0.2) is 18.0 Å². The molecule has 1 heterocycles. The van der Waals surface area contributed by atoms with Crippen molar-refractivity contribution in [1.29, 1.82) is 0 Å². The molecular weight excluding hydrogens is 182 g/mol. The SMILES string of the molecule is C1=CN(CCc2ccccc2)CCCC1. The van der Waals surface area contributed by atoms with E-state index in [0.717, 1.165) is 13.0 Å². The van der Waals surface area contributed by atoms with Gasteiger partial charge in [0.1, 0.15) is 0 Å². The van der Waals surface area contributed by atoms with Gasteiger partial charge in [-0.05, 0) is 37.4 Å². The van der Waals surface area contributed by atoms with E-state index in [9.17, 15) is 0 Å². The van der Waals surface area contributed by atoms with Gasteiger partial charge in [0, 0.05) is 13.1 Å². The number of hydrogen-bond acceptors (Lipinski definition) is 1. The molecule has 1 aromatic rings. The maximum Gasteiger partial charge on any atom is 0.0212 e. The van der Waals surface area contributed by atoms with E-state index in [4.69, 9.17) is 0 Å². The van der Waals surface area contributed by atoms with E-state index in [-0.39, 0.29) is 0 Å². The smallest absolute Gasteiger partial charge is 0.0212 e. The van der Waals surface area contributed by atoms with Gasteiger partial charge in [0.15, 0.2) is 0 Å². The summed E-state index contributed by atoms with van der Waals surface area (Å²) in [5.41, 5.74) is 1.44. The molecule has 80 valence electrons. The summed E-state index contributed by atoms with van der Waals surface area (Å²) in [4.78, 5) is 2.44. The summed E-state index contributed by atoms with van der Waals surface area (Å²) in [6.45, 7) is 2.38. The minimum absolute atomic E-state index is 1.15. The zero-order chi connectivity index (χ0) is 10.3. The average molecular weight is 201 g/mol. The van der Waals surface area contributed by atoms with Crippen molar-refractivity contribution in [3.8, 4) is 0 Å². The van der Waals surface area contributed by atoms with Gasteiger partial charge in [0.05, 0.1) is 0 Å². The molecule has 1 aliphatic heterocycles. The largest absolute Gasteiger partial charge is 0.377 e. The molecule has 0 unspecified atom stereocenters. The summed E-state index contributed by atoms with van der Waals surface area (Å²) >= 11 is 0. The van der Waals surface area contributed by atoms with Crippen LogP contribution >= 0.6 is 0 Å². The summed E-state index contributed by atoms with van der Waals surface area (Å²) in [5.74, 6) is 0. The second kappa shape index (κ2) is 5.59. The van der Waals surface area contributed by atoms with E-state index in [1.165, 1.54) is 31.4 Å². The Kier molecular flexibility index (Phi) is 3.84. The minimum Gasteiger partial charge on any atom is -0.377 e. The fourth-order valence-corrected chi connectivity index (χ4v) is 1.98. The van der Waals surface area contributed by atoms with E-state index in [1.54, 1.807) is 0 Å². The highest BCUT2D eigenvalue weighted by molar-refractivity contribution is 5.15. The maximum absolute atomic E-state index is 2.44. The van der Waals surface area contributed by atoms with Gasteiger partial charge in [-0.1, -0.05) is 36.4 Å². The Morgan fingerprint density at radius 1 is 1.07 bits per heavy atom. The third-order valence-corrected chi connectivity index (χ3v) is 2.91. The number of rotatable bonds is 3. The molecule has 0 saturated heterocycles. The molecule has 0 amide bonds. The van der Waals surface area contributed by atoms with Crippen LogP contribution in [0.25, 0.3) is 0 Å². The van der Waals surface area contributed by atoms with Crippen LogP contribution in [-0.2, 0) is 6.42 Å². The molecule has 0 spiro atoms. The Balaban J connectivity index is 1.82. The molecule has 1 nitrogen and oxygen atoms in total. The van der Waals surface area contributed by atoms with Crippen molar-refractivity contribution in [3.63, 3.8) is 0 Å². The monoisotopic (exact) mass is 201 g/mol. The predicted octanol–water partition coefficient (Wildman–Crippen LogP) is 3.23. The van der Waals surface area contributed by atoms with Crippen LogP contribution in [0.15, 0.2) is 42.6 Å². The number of benzene rings is 1. The molecule has 0 atom stereocenters. The number of allylic oxidation sites excluding steroid dienone is 1. The Morgan fingerprint density at radius 3 is 2.80 bits per heavy atom. The van der Waals surface area contributed by atoms with Crippen molar-refractivity contribution in [2.24, 2.45) is 0 Å². The number of hydrogen-bond donors (Lipinski definition) is 0. The molecule has 0 fully saturated rings. The molecule has 1 aromatic carbocycles. The van der Waals surface area contributed by atoms with Crippen LogP contribution in [0.5, 0.6) is 0 Å². The highest BCUT2D eigenvalue weighted by Gasteiger charge is 2.02. The Morgan fingerprint density at radius 2 is 1.93 bits per heavy atom. The van der Waals surface area contributed by atoms with Gasteiger partial charge in [-0.3, -0.25) is 0 Å². The van der Waals surface area contributed by atoms with Crippen LogP contribution in [0.1, 0.15) is 24.8 Å². The molecule has 0 bridgehead atoms. The summed E-state index contributed by atoms with van der Waals surface area (Å²) in [6.07, 6.45) is 9.67. The maximum atomic E-state index is 2.44. The van der Waals surface area contributed by atoms with Crippen LogP contribution in [0, 0.1) is 0 Å². The van der Waals surface area contributed by atoms with Crippen LogP contribution in [0.2, 0.25) is 0 Å². The minimum atomic E-state index is 1.15. The third kappa shape index (κ3) is 3.43. The lowest BCUT2D eigenvalue weighted by molar-refractivity contribution is 0.378. The van der Waals surface area contributed by atoms with Gasteiger partial charge in [-0.25, -0.2) is 0 Å². The van der Waals surface area contributed by atoms with Gasteiger partial charge < -0.3 is 4.90 Å². The quantitative estimate of drug-likeness (QED) is 0.725. The van der Waals surface area contributed by atoms with Crippen LogP contribution < -0.4 is 0 Å². The third-order valence-electron chi connectivity index (χ3n) is 2.91. The van der Waals surface area contributed by atoms with E-state index in [0.29, 0.717) is 0 Å². The first kappa shape index (κ1) is 10.3. The lowest BCUT2D eigenvalue weighted by Crippen LogP contribution is -2.20. The first-order valence-electron chi connectivity index (χ1n) is 5.90. The highest BCUT2D eigenvalue weighted by atomic mass is 15.1.